The van der Waals surface area contributed by atoms with Crippen molar-refractivity contribution in [2.75, 3.05) is 26.8 Å². The van der Waals surface area contributed by atoms with Crippen molar-refractivity contribution < 1.29 is 9.53 Å². The summed E-state index contributed by atoms with van der Waals surface area (Å²) < 4.78 is 4.95. The monoisotopic (exact) mass is 230 g/mol. The molecule has 3 N–H and O–H groups in total. The largest absolute Gasteiger partial charge is 0.385 e. The fourth-order valence-electron chi connectivity index (χ4n) is 1.50. The first-order chi connectivity index (χ1) is 7.74. The van der Waals surface area contributed by atoms with Crippen LogP contribution in [0.1, 0.15) is 39.0 Å². The van der Waals surface area contributed by atoms with E-state index in [-0.39, 0.29) is 5.91 Å². The van der Waals surface area contributed by atoms with Crippen molar-refractivity contribution in [3.63, 3.8) is 0 Å². The number of methoxy groups -OCH3 is 1. The molecule has 0 spiro atoms. The van der Waals surface area contributed by atoms with E-state index >= 15 is 0 Å². The third kappa shape index (κ3) is 8.68. The summed E-state index contributed by atoms with van der Waals surface area (Å²) in [5, 5.41) is 2.92. The molecule has 96 valence electrons. The number of nitrogens with one attached hydrogen (secondary N) is 1. The molecule has 0 heterocycles. The second-order valence-corrected chi connectivity index (χ2v) is 4.12. The van der Waals surface area contributed by atoms with Gasteiger partial charge in [0.05, 0.1) is 0 Å². The summed E-state index contributed by atoms with van der Waals surface area (Å²) in [6.07, 6.45) is 4.71. The van der Waals surface area contributed by atoms with E-state index in [1.165, 1.54) is 0 Å². The maximum Gasteiger partial charge on any atom is 0.220 e. The number of hydrogen-bond acceptors (Lipinski definition) is 3. The van der Waals surface area contributed by atoms with Crippen LogP contribution in [0.5, 0.6) is 0 Å². The normalized spacial score (nSPS) is 12.4. The molecule has 0 rings (SSSR count). The number of rotatable bonds is 10. The molecule has 0 aliphatic heterocycles. The summed E-state index contributed by atoms with van der Waals surface area (Å²) in [5.74, 6) is 0.456. The minimum Gasteiger partial charge on any atom is -0.385 e. The van der Waals surface area contributed by atoms with E-state index in [2.05, 4.69) is 12.2 Å². The van der Waals surface area contributed by atoms with Gasteiger partial charge in [-0.25, -0.2) is 0 Å². The van der Waals surface area contributed by atoms with Gasteiger partial charge >= 0.3 is 0 Å². The fourth-order valence-corrected chi connectivity index (χ4v) is 1.50. The van der Waals surface area contributed by atoms with Crippen molar-refractivity contribution in [2.45, 2.75) is 39.0 Å². The quantitative estimate of drug-likeness (QED) is 0.556. The van der Waals surface area contributed by atoms with Crippen molar-refractivity contribution >= 4 is 5.91 Å². The summed E-state index contributed by atoms with van der Waals surface area (Å²) in [4.78, 5) is 11.5. The smallest absolute Gasteiger partial charge is 0.220 e. The standard InChI is InChI=1S/C12H26N2O2/c1-3-11(10-13)9-12(15)14-7-5-4-6-8-16-2/h11H,3-10,13H2,1-2H3,(H,14,15). The summed E-state index contributed by atoms with van der Waals surface area (Å²) in [5.41, 5.74) is 5.55. The summed E-state index contributed by atoms with van der Waals surface area (Å²) in [6, 6.07) is 0. The van der Waals surface area contributed by atoms with Gasteiger partial charge < -0.3 is 15.8 Å². The molecule has 16 heavy (non-hydrogen) atoms. The van der Waals surface area contributed by atoms with Crippen molar-refractivity contribution in [3.8, 4) is 0 Å². The van der Waals surface area contributed by atoms with Crippen LogP contribution in [-0.2, 0) is 9.53 Å². The van der Waals surface area contributed by atoms with Gasteiger partial charge in [-0.3, -0.25) is 4.79 Å². The van der Waals surface area contributed by atoms with Crippen LogP contribution in [0.15, 0.2) is 0 Å². The van der Waals surface area contributed by atoms with E-state index in [1.54, 1.807) is 7.11 Å². The number of carbonyl (C=O) groups is 1. The van der Waals surface area contributed by atoms with E-state index in [9.17, 15) is 4.79 Å². The van der Waals surface area contributed by atoms with Crippen molar-refractivity contribution in [1.82, 2.24) is 5.32 Å². The van der Waals surface area contributed by atoms with E-state index in [0.717, 1.165) is 38.8 Å². The van der Waals surface area contributed by atoms with Gasteiger partial charge in [0.1, 0.15) is 0 Å². The Balaban J connectivity index is 3.36. The summed E-state index contributed by atoms with van der Waals surface area (Å²) >= 11 is 0. The fraction of sp³-hybridized carbons (Fsp3) is 0.917. The number of carbonyl (C=O) groups excluding carboxylic acids is 1. The van der Waals surface area contributed by atoms with Gasteiger partial charge in [0, 0.05) is 26.7 Å². The van der Waals surface area contributed by atoms with Crippen LogP contribution >= 0.6 is 0 Å². The molecule has 0 aromatic carbocycles. The molecule has 1 amide bonds. The molecule has 0 aromatic heterocycles. The first-order valence-corrected chi connectivity index (χ1v) is 6.20. The van der Waals surface area contributed by atoms with Gasteiger partial charge in [0.25, 0.3) is 0 Å². The molecule has 4 heteroatoms. The molecule has 1 unspecified atom stereocenters. The lowest BCUT2D eigenvalue weighted by atomic mass is 10.0. The molecule has 0 aromatic rings. The van der Waals surface area contributed by atoms with E-state index < -0.39 is 0 Å². The predicted octanol–water partition coefficient (Wildman–Crippen LogP) is 1.29. The van der Waals surface area contributed by atoms with Crippen LogP contribution in [-0.4, -0.2) is 32.7 Å². The number of ether oxygens (including phenoxy) is 1. The Morgan fingerprint density at radius 3 is 2.69 bits per heavy atom. The van der Waals surface area contributed by atoms with Gasteiger partial charge in [-0.1, -0.05) is 13.3 Å². The minimum absolute atomic E-state index is 0.129. The molecule has 1 atom stereocenters. The van der Waals surface area contributed by atoms with Crippen LogP contribution in [0, 0.1) is 5.92 Å². The first-order valence-electron chi connectivity index (χ1n) is 6.20. The Hall–Kier alpha value is -0.610. The molecule has 0 bridgehead atoms. The van der Waals surface area contributed by atoms with E-state index in [4.69, 9.17) is 10.5 Å². The molecule has 0 saturated carbocycles. The number of amides is 1. The third-order valence-corrected chi connectivity index (χ3v) is 2.73. The van der Waals surface area contributed by atoms with Crippen molar-refractivity contribution in [1.29, 1.82) is 0 Å². The lowest BCUT2D eigenvalue weighted by molar-refractivity contribution is -0.122. The molecule has 0 radical (unpaired) electrons. The Bertz CT molecular complexity index is 170. The Labute approximate surface area is 98.9 Å². The zero-order valence-corrected chi connectivity index (χ0v) is 10.6. The first kappa shape index (κ1) is 15.4. The van der Waals surface area contributed by atoms with Crippen LogP contribution in [0.3, 0.4) is 0 Å². The predicted molar refractivity (Wildman–Crippen MR) is 66.2 cm³/mol. The van der Waals surface area contributed by atoms with E-state index in [0.29, 0.717) is 18.9 Å². The highest BCUT2D eigenvalue weighted by molar-refractivity contribution is 5.76. The highest BCUT2D eigenvalue weighted by atomic mass is 16.5. The third-order valence-electron chi connectivity index (χ3n) is 2.73. The molecule has 0 aliphatic rings. The lowest BCUT2D eigenvalue weighted by Crippen LogP contribution is -2.28. The Kier molecular flexibility index (Phi) is 10.5. The second kappa shape index (κ2) is 10.9. The van der Waals surface area contributed by atoms with Crippen molar-refractivity contribution in [2.24, 2.45) is 11.7 Å². The highest BCUT2D eigenvalue weighted by Crippen LogP contribution is 2.05. The maximum absolute atomic E-state index is 11.5. The zero-order valence-electron chi connectivity index (χ0n) is 10.6. The van der Waals surface area contributed by atoms with Crippen LogP contribution in [0.2, 0.25) is 0 Å². The summed E-state index contributed by atoms with van der Waals surface area (Å²) in [7, 11) is 1.71. The highest BCUT2D eigenvalue weighted by Gasteiger charge is 2.09. The topological polar surface area (TPSA) is 64.4 Å². The lowest BCUT2D eigenvalue weighted by Gasteiger charge is -2.11. The van der Waals surface area contributed by atoms with Crippen LogP contribution in [0.4, 0.5) is 0 Å². The molecular formula is C12H26N2O2. The van der Waals surface area contributed by atoms with Crippen LogP contribution in [0.25, 0.3) is 0 Å². The Morgan fingerprint density at radius 1 is 1.38 bits per heavy atom. The van der Waals surface area contributed by atoms with Gasteiger partial charge in [-0.05, 0) is 31.7 Å². The van der Waals surface area contributed by atoms with Gasteiger partial charge in [0.2, 0.25) is 5.91 Å². The van der Waals surface area contributed by atoms with Crippen molar-refractivity contribution in [3.05, 3.63) is 0 Å². The molecule has 0 fully saturated rings. The van der Waals surface area contributed by atoms with Gasteiger partial charge in [-0.2, -0.15) is 0 Å². The number of hydrogen-bond donors (Lipinski definition) is 2. The van der Waals surface area contributed by atoms with Gasteiger partial charge in [0.15, 0.2) is 0 Å². The minimum atomic E-state index is 0.129. The van der Waals surface area contributed by atoms with Crippen LogP contribution < -0.4 is 11.1 Å². The average molecular weight is 230 g/mol. The number of nitrogens with two attached hydrogens (primary N) is 1. The number of unbranched alkanes of at least 4 members (excludes halogenated alkanes) is 2. The van der Waals surface area contributed by atoms with Gasteiger partial charge in [-0.15, -0.1) is 0 Å². The molecular weight excluding hydrogens is 204 g/mol. The molecule has 4 nitrogen and oxygen atoms in total. The maximum atomic E-state index is 11.5. The zero-order chi connectivity index (χ0) is 12.2. The SMILES string of the molecule is CCC(CN)CC(=O)NCCCCCOC. The Morgan fingerprint density at radius 2 is 2.12 bits per heavy atom. The van der Waals surface area contributed by atoms with E-state index in [1.807, 2.05) is 0 Å². The summed E-state index contributed by atoms with van der Waals surface area (Å²) in [6.45, 7) is 4.23. The molecule has 0 aliphatic carbocycles. The second-order valence-electron chi connectivity index (χ2n) is 4.12. The molecule has 0 saturated heterocycles. The average Bonchev–Trinajstić information content (AvgIpc) is 2.30.